The maximum Gasteiger partial charge on any atom is 0.197 e. The van der Waals surface area contributed by atoms with E-state index < -0.39 is 5.66 Å². The van der Waals surface area contributed by atoms with Crippen LogP contribution in [0.25, 0.3) is 0 Å². The number of aromatic nitrogens is 2. The van der Waals surface area contributed by atoms with Gasteiger partial charge in [-0.05, 0) is 19.8 Å². The molecule has 0 aliphatic carbocycles. The predicted octanol–water partition coefficient (Wildman–Crippen LogP) is 1.93. The van der Waals surface area contributed by atoms with E-state index >= 15 is 0 Å². The number of thioether (sulfide) groups is 1. The Bertz CT molecular complexity index is 556. The number of hydrogen-bond donors (Lipinski definition) is 4. The molecule has 0 aromatic carbocycles. The van der Waals surface area contributed by atoms with Gasteiger partial charge in [-0.1, -0.05) is 25.6 Å². The van der Waals surface area contributed by atoms with Gasteiger partial charge in [-0.15, -0.1) is 0 Å². The van der Waals surface area contributed by atoms with Gasteiger partial charge < -0.3 is 21.7 Å². The van der Waals surface area contributed by atoms with E-state index in [0.717, 1.165) is 47.5 Å². The van der Waals surface area contributed by atoms with Crippen LogP contribution in [0.2, 0.25) is 0 Å². The van der Waals surface area contributed by atoms with Crippen LogP contribution in [0.4, 0.5) is 11.5 Å². The van der Waals surface area contributed by atoms with Crippen molar-refractivity contribution in [1.29, 1.82) is 0 Å². The summed E-state index contributed by atoms with van der Waals surface area (Å²) in [6.45, 7) is 6.86. The Labute approximate surface area is 136 Å². The summed E-state index contributed by atoms with van der Waals surface area (Å²) in [5.41, 5.74) is 7.17. The number of rotatable bonds is 6. The highest BCUT2D eigenvalue weighted by molar-refractivity contribution is 7.99. The third-order valence-corrected chi connectivity index (χ3v) is 4.22. The zero-order chi connectivity index (χ0) is 16.2. The monoisotopic (exact) mass is 323 g/mol. The Kier molecular flexibility index (Phi) is 5.47. The van der Waals surface area contributed by atoms with Gasteiger partial charge in [0.25, 0.3) is 0 Å². The molecule has 22 heavy (non-hydrogen) atoms. The molecule has 0 saturated carbocycles. The third-order valence-electron chi connectivity index (χ3n) is 3.17. The number of anilines is 2. The van der Waals surface area contributed by atoms with Gasteiger partial charge in [0.2, 0.25) is 0 Å². The van der Waals surface area contributed by atoms with Crippen LogP contribution in [0.5, 0.6) is 0 Å². The molecule has 1 aliphatic heterocycles. The van der Waals surface area contributed by atoms with Crippen molar-refractivity contribution in [3.63, 3.8) is 0 Å². The van der Waals surface area contributed by atoms with E-state index in [2.05, 4.69) is 44.8 Å². The van der Waals surface area contributed by atoms with E-state index in [1.165, 1.54) is 0 Å². The lowest BCUT2D eigenvalue weighted by atomic mass is 10.1. The fraction of sp³-hybridized carbons (Fsp3) is 0.643. The Morgan fingerprint density at radius 1 is 1.32 bits per heavy atom. The lowest BCUT2D eigenvalue weighted by Gasteiger charge is -2.35. The summed E-state index contributed by atoms with van der Waals surface area (Å²) in [6, 6.07) is 0. The van der Waals surface area contributed by atoms with Crippen LogP contribution in [-0.2, 0) is 5.66 Å². The second kappa shape index (κ2) is 7.15. The summed E-state index contributed by atoms with van der Waals surface area (Å²) in [5, 5.41) is 10.3. The molecule has 0 fully saturated rings. The first-order chi connectivity index (χ1) is 10.5. The number of aliphatic imine (C=N–C) groups is 1. The van der Waals surface area contributed by atoms with E-state index in [0.29, 0.717) is 5.96 Å². The largest absolute Gasteiger partial charge is 0.371 e. The zero-order valence-electron chi connectivity index (χ0n) is 13.7. The standard InChI is InChI=1S/C14H25N7S/c1-5-7-17-12-18-9-10(14(3,15)21-12)19-13(22-8-6-2)20-11(9)16-4/h5-8,15H2,1-4H3,(H,16,19,20)(H2,17,18,21). The minimum Gasteiger partial charge on any atom is -0.371 e. The van der Waals surface area contributed by atoms with Crippen molar-refractivity contribution in [1.82, 2.24) is 15.3 Å². The topological polar surface area (TPSA) is 100 Å². The molecule has 2 rings (SSSR count). The van der Waals surface area contributed by atoms with Crippen molar-refractivity contribution >= 4 is 29.2 Å². The molecule has 122 valence electrons. The number of nitrogens with one attached hydrogen (secondary N) is 3. The summed E-state index contributed by atoms with van der Waals surface area (Å²) in [5.74, 6) is 2.38. The summed E-state index contributed by atoms with van der Waals surface area (Å²) in [6.07, 6.45) is 2.05. The fourth-order valence-corrected chi connectivity index (χ4v) is 2.83. The average Bonchev–Trinajstić information content (AvgIpc) is 2.50. The second-order valence-corrected chi connectivity index (χ2v) is 6.42. The van der Waals surface area contributed by atoms with E-state index in [9.17, 15) is 0 Å². The molecule has 1 aromatic rings. The first-order valence-electron chi connectivity index (χ1n) is 7.63. The van der Waals surface area contributed by atoms with E-state index in [-0.39, 0.29) is 0 Å². The first kappa shape index (κ1) is 16.8. The first-order valence-corrected chi connectivity index (χ1v) is 8.62. The number of guanidine groups is 1. The predicted molar refractivity (Wildman–Crippen MR) is 93.5 cm³/mol. The second-order valence-electron chi connectivity index (χ2n) is 5.36. The average molecular weight is 323 g/mol. The smallest absolute Gasteiger partial charge is 0.197 e. The summed E-state index contributed by atoms with van der Waals surface area (Å²) in [4.78, 5) is 13.7. The van der Waals surface area contributed by atoms with Crippen molar-refractivity contribution in [3.8, 4) is 0 Å². The molecule has 8 heteroatoms. The van der Waals surface area contributed by atoms with Gasteiger partial charge in [0, 0.05) is 19.3 Å². The molecule has 2 heterocycles. The minimum absolute atomic E-state index is 0.661. The SMILES string of the molecule is CCCN=C1Nc2c(NC)nc(SCCC)nc2C(C)(N)N1. The Hall–Kier alpha value is -1.54. The molecule has 1 unspecified atom stereocenters. The molecule has 1 atom stereocenters. The lowest BCUT2D eigenvalue weighted by Crippen LogP contribution is -2.57. The van der Waals surface area contributed by atoms with Crippen LogP contribution in [0.15, 0.2) is 10.1 Å². The lowest BCUT2D eigenvalue weighted by molar-refractivity contribution is 0.431. The summed E-state index contributed by atoms with van der Waals surface area (Å²) in [7, 11) is 1.84. The quantitative estimate of drug-likeness (QED) is 0.469. The van der Waals surface area contributed by atoms with Crippen LogP contribution in [-0.4, -0.2) is 35.3 Å². The van der Waals surface area contributed by atoms with E-state index in [1.54, 1.807) is 11.8 Å². The van der Waals surface area contributed by atoms with Gasteiger partial charge in [-0.25, -0.2) is 9.97 Å². The molecular weight excluding hydrogens is 298 g/mol. The van der Waals surface area contributed by atoms with Crippen LogP contribution in [0.3, 0.4) is 0 Å². The molecule has 0 bridgehead atoms. The van der Waals surface area contributed by atoms with Crippen molar-refractivity contribution < 1.29 is 0 Å². The molecule has 0 saturated heterocycles. The molecule has 0 amide bonds. The molecule has 0 spiro atoms. The number of nitrogens with two attached hydrogens (primary N) is 1. The normalized spacial score (nSPS) is 22.0. The molecule has 1 aromatic heterocycles. The zero-order valence-corrected chi connectivity index (χ0v) is 14.5. The molecule has 0 radical (unpaired) electrons. The summed E-state index contributed by atoms with van der Waals surface area (Å²) >= 11 is 1.63. The van der Waals surface area contributed by atoms with E-state index in [4.69, 9.17) is 5.73 Å². The van der Waals surface area contributed by atoms with Gasteiger partial charge in [0.15, 0.2) is 16.9 Å². The number of fused-ring (bicyclic) bond motifs is 1. The van der Waals surface area contributed by atoms with Gasteiger partial charge in [-0.3, -0.25) is 4.99 Å². The van der Waals surface area contributed by atoms with Crippen LogP contribution >= 0.6 is 11.8 Å². The minimum atomic E-state index is -0.788. The highest BCUT2D eigenvalue weighted by Crippen LogP contribution is 2.33. The van der Waals surface area contributed by atoms with Crippen LogP contribution in [0, 0.1) is 0 Å². The van der Waals surface area contributed by atoms with Crippen LogP contribution < -0.4 is 21.7 Å². The molecular formula is C14H25N7S. The number of hydrogen-bond acceptors (Lipinski definition) is 6. The van der Waals surface area contributed by atoms with Crippen LogP contribution in [0.1, 0.15) is 39.3 Å². The van der Waals surface area contributed by atoms with Gasteiger partial charge >= 0.3 is 0 Å². The highest BCUT2D eigenvalue weighted by Gasteiger charge is 2.35. The fourth-order valence-electron chi connectivity index (χ4n) is 2.13. The van der Waals surface area contributed by atoms with Gasteiger partial charge in [0.05, 0.1) is 0 Å². The van der Waals surface area contributed by atoms with Crippen molar-refractivity contribution in [2.45, 2.75) is 44.4 Å². The molecule has 1 aliphatic rings. The van der Waals surface area contributed by atoms with Crippen molar-refractivity contribution in [2.75, 3.05) is 30.0 Å². The summed E-state index contributed by atoms with van der Waals surface area (Å²) < 4.78 is 0. The van der Waals surface area contributed by atoms with E-state index in [1.807, 2.05) is 14.0 Å². The maximum atomic E-state index is 6.41. The van der Waals surface area contributed by atoms with Gasteiger partial charge in [0.1, 0.15) is 17.0 Å². The molecule has 7 nitrogen and oxygen atoms in total. The highest BCUT2D eigenvalue weighted by atomic mass is 32.2. The third kappa shape index (κ3) is 3.61. The van der Waals surface area contributed by atoms with Crippen molar-refractivity contribution in [3.05, 3.63) is 5.69 Å². The Balaban J connectivity index is 2.43. The number of nitrogens with zero attached hydrogens (tertiary/aromatic N) is 3. The van der Waals surface area contributed by atoms with Gasteiger partial charge in [-0.2, -0.15) is 0 Å². The van der Waals surface area contributed by atoms with Crippen molar-refractivity contribution in [2.24, 2.45) is 10.7 Å². The maximum absolute atomic E-state index is 6.41. The Morgan fingerprint density at radius 3 is 2.73 bits per heavy atom. The molecule has 5 N–H and O–H groups in total. The Morgan fingerprint density at radius 2 is 2.09 bits per heavy atom.